The van der Waals surface area contributed by atoms with Crippen molar-refractivity contribution in [1.82, 2.24) is 0 Å². The first-order valence-corrected chi connectivity index (χ1v) is 6.21. The largest absolute Gasteiger partial charge is 0.398 e. The fourth-order valence-corrected chi connectivity index (χ4v) is 1.86. The van der Waals surface area contributed by atoms with Crippen LogP contribution in [0.5, 0.6) is 0 Å². The van der Waals surface area contributed by atoms with Gasteiger partial charge in [-0.2, -0.15) is 5.26 Å². The van der Waals surface area contributed by atoms with Gasteiger partial charge in [0.1, 0.15) is 0 Å². The molecule has 0 amide bonds. The topological polar surface area (TPSA) is 82.1 Å². The summed E-state index contributed by atoms with van der Waals surface area (Å²) in [5.74, 6) is 0.425. The van der Waals surface area contributed by atoms with Crippen LogP contribution in [-0.4, -0.2) is 17.8 Å². The first kappa shape index (κ1) is 14.3. The van der Waals surface area contributed by atoms with Gasteiger partial charge in [-0.3, -0.25) is 0 Å². The molecule has 1 rings (SSSR count). The Kier molecular flexibility index (Phi) is 5.47. The minimum Gasteiger partial charge on any atom is -0.398 e. The van der Waals surface area contributed by atoms with Crippen LogP contribution in [0.25, 0.3) is 0 Å². The minimum atomic E-state index is 0.163. The van der Waals surface area contributed by atoms with Crippen molar-refractivity contribution in [2.75, 3.05) is 17.7 Å². The average Bonchev–Trinajstić information content (AvgIpc) is 2.33. The summed E-state index contributed by atoms with van der Waals surface area (Å²) in [4.78, 5) is 0. The molecule has 0 aliphatic rings. The van der Waals surface area contributed by atoms with Gasteiger partial charge in [0.2, 0.25) is 0 Å². The molecule has 0 aromatic heterocycles. The number of nitriles is 1. The molecular weight excluding hydrogens is 226 g/mol. The third kappa shape index (κ3) is 3.94. The number of aliphatic hydroxyl groups excluding tert-OH is 1. The lowest BCUT2D eigenvalue weighted by Crippen LogP contribution is -2.26. The predicted octanol–water partition coefficient (Wildman–Crippen LogP) is 2.15. The van der Waals surface area contributed by atoms with E-state index in [0.717, 1.165) is 11.3 Å². The molecule has 0 aliphatic heterocycles. The first-order chi connectivity index (χ1) is 8.58. The summed E-state index contributed by atoms with van der Waals surface area (Å²) in [7, 11) is 0. The van der Waals surface area contributed by atoms with Crippen LogP contribution in [0.3, 0.4) is 0 Å². The molecule has 18 heavy (non-hydrogen) atoms. The summed E-state index contributed by atoms with van der Waals surface area (Å²) in [5, 5.41) is 21.2. The summed E-state index contributed by atoms with van der Waals surface area (Å²) in [5.41, 5.74) is 8.24. The number of nitrogen functional groups attached to an aromatic ring is 1. The van der Waals surface area contributed by atoms with Crippen molar-refractivity contribution in [3.05, 3.63) is 23.8 Å². The zero-order valence-electron chi connectivity index (χ0n) is 11.0. The second-order valence-corrected chi connectivity index (χ2v) is 4.76. The van der Waals surface area contributed by atoms with Crippen LogP contribution in [0.4, 0.5) is 11.4 Å². The quantitative estimate of drug-likeness (QED) is 0.673. The Labute approximate surface area is 108 Å². The Morgan fingerprint density at radius 1 is 1.44 bits per heavy atom. The van der Waals surface area contributed by atoms with Crippen LogP contribution < -0.4 is 11.1 Å². The lowest BCUT2D eigenvalue weighted by Gasteiger charge is -2.23. The highest BCUT2D eigenvalue weighted by molar-refractivity contribution is 5.58. The second-order valence-electron chi connectivity index (χ2n) is 4.76. The zero-order chi connectivity index (χ0) is 13.5. The third-order valence-electron chi connectivity index (χ3n) is 3.01. The fourth-order valence-electron chi connectivity index (χ4n) is 1.86. The van der Waals surface area contributed by atoms with Gasteiger partial charge in [-0.15, -0.1) is 0 Å². The Morgan fingerprint density at radius 2 is 2.17 bits per heavy atom. The highest BCUT2D eigenvalue weighted by atomic mass is 16.3. The number of nitrogens with one attached hydrogen (secondary N) is 1. The highest BCUT2D eigenvalue weighted by Crippen LogP contribution is 2.21. The maximum Gasteiger partial charge on any atom is 0.0670 e. The Morgan fingerprint density at radius 3 is 2.72 bits per heavy atom. The summed E-state index contributed by atoms with van der Waals surface area (Å²) < 4.78 is 0. The molecule has 4 N–H and O–H groups in total. The number of nitrogens with zero attached hydrogens (tertiary/aromatic N) is 1. The van der Waals surface area contributed by atoms with Gasteiger partial charge in [0, 0.05) is 24.0 Å². The molecule has 0 fully saturated rings. The molecule has 0 heterocycles. The van der Waals surface area contributed by atoms with Gasteiger partial charge in [-0.05, 0) is 36.1 Å². The standard InChI is InChI=1S/C14H21N3O/c1-10(2)14(6-8-18)17-12-3-4-13(16)11(9-12)5-7-15/h3-4,9-10,14,17-18H,5-6,8,16H2,1-2H3. The maximum atomic E-state index is 9.04. The Hall–Kier alpha value is -1.73. The van der Waals surface area contributed by atoms with E-state index in [-0.39, 0.29) is 12.6 Å². The molecule has 0 saturated heterocycles. The van der Waals surface area contributed by atoms with Crippen LogP contribution in [0.1, 0.15) is 25.8 Å². The van der Waals surface area contributed by atoms with E-state index in [1.165, 1.54) is 0 Å². The zero-order valence-corrected chi connectivity index (χ0v) is 11.0. The molecule has 4 heteroatoms. The van der Waals surface area contributed by atoms with Crippen molar-refractivity contribution in [3.63, 3.8) is 0 Å². The first-order valence-electron chi connectivity index (χ1n) is 6.21. The molecule has 1 aromatic rings. The average molecular weight is 247 g/mol. The molecule has 0 aliphatic carbocycles. The summed E-state index contributed by atoms with van der Waals surface area (Å²) in [6.07, 6.45) is 1.02. The molecule has 0 saturated carbocycles. The normalized spacial score (nSPS) is 12.2. The maximum absolute atomic E-state index is 9.04. The van der Waals surface area contributed by atoms with Crippen LogP contribution in [-0.2, 0) is 6.42 Å². The summed E-state index contributed by atoms with van der Waals surface area (Å²) in [6.45, 7) is 4.39. The van der Waals surface area contributed by atoms with Crippen molar-refractivity contribution in [2.45, 2.75) is 32.7 Å². The number of rotatable bonds is 6. The number of hydrogen-bond acceptors (Lipinski definition) is 4. The molecule has 0 radical (unpaired) electrons. The summed E-state index contributed by atoms with van der Waals surface area (Å²) in [6, 6.07) is 7.95. The number of aliphatic hydroxyl groups is 1. The van der Waals surface area contributed by atoms with E-state index in [4.69, 9.17) is 16.1 Å². The Bertz CT molecular complexity index is 424. The van der Waals surface area contributed by atoms with Gasteiger partial charge in [0.05, 0.1) is 12.5 Å². The van der Waals surface area contributed by atoms with Crippen LogP contribution in [0.2, 0.25) is 0 Å². The molecule has 1 atom stereocenters. The van der Waals surface area contributed by atoms with E-state index in [1.807, 2.05) is 18.2 Å². The van der Waals surface area contributed by atoms with Gasteiger partial charge in [0.25, 0.3) is 0 Å². The van der Waals surface area contributed by atoms with Crippen LogP contribution >= 0.6 is 0 Å². The molecule has 1 aromatic carbocycles. The van der Waals surface area contributed by atoms with Crippen molar-refractivity contribution in [1.29, 1.82) is 5.26 Å². The number of benzene rings is 1. The number of nitrogens with two attached hydrogens (primary N) is 1. The minimum absolute atomic E-state index is 0.163. The van der Waals surface area contributed by atoms with Crippen molar-refractivity contribution in [2.24, 2.45) is 5.92 Å². The van der Waals surface area contributed by atoms with E-state index in [0.29, 0.717) is 24.4 Å². The van der Waals surface area contributed by atoms with E-state index in [1.54, 1.807) is 0 Å². The van der Waals surface area contributed by atoms with E-state index >= 15 is 0 Å². The number of hydrogen-bond donors (Lipinski definition) is 3. The van der Waals surface area contributed by atoms with Gasteiger partial charge in [0.15, 0.2) is 0 Å². The smallest absolute Gasteiger partial charge is 0.0670 e. The fraction of sp³-hybridized carbons (Fsp3) is 0.500. The molecular formula is C14H21N3O. The predicted molar refractivity (Wildman–Crippen MR) is 74.1 cm³/mol. The lowest BCUT2D eigenvalue weighted by molar-refractivity contribution is 0.267. The molecule has 4 nitrogen and oxygen atoms in total. The van der Waals surface area contributed by atoms with Crippen molar-refractivity contribution in [3.8, 4) is 6.07 Å². The van der Waals surface area contributed by atoms with Gasteiger partial charge < -0.3 is 16.2 Å². The van der Waals surface area contributed by atoms with Gasteiger partial charge in [-0.25, -0.2) is 0 Å². The number of anilines is 2. The SMILES string of the molecule is CC(C)C(CCO)Nc1ccc(N)c(CC#N)c1. The molecule has 0 spiro atoms. The molecule has 1 unspecified atom stereocenters. The van der Waals surface area contributed by atoms with Crippen LogP contribution in [0.15, 0.2) is 18.2 Å². The van der Waals surface area contributed by atoms with Gasteiger partial charge in [-0.1, -0.05) is 13.8 Å². The van der Waals surface area contributed by atoms with Crippen molar-refractivity contribution >= 4 is 11.4 Å². The van der Waals surface area contributed by atoms with Crippen LogP contribution in [0, 0.1) is 17.2 Å². The van der Waals surface area contributed by atoms with E-state index < -0.39 is 0 Å². The van der Waals surface area contributed by atoms with E-state index in [9.17, 15) is 0 Å². The highest BCUT2D eigenvalue weighted by Gasteiger charge is 2.12. The van der Waals surface area contributed by atoms with Crippen molar-refractivity contribution < 1.29 is 5.11 Å². The second kappa shape index (κ2) is 6.87. The van der Waals surface area contributed by atoms with Gasteiger partial charge >= 0.3 is 0 Å². The molecule has 98 valence electrons. The Balaban J connectivity index is 2.83. The lowest BCUT2D eigenvalue weighted by atomic mass is 10.0. The molecule has 0 bridgehead atoms. The summed E-state index contributed by atoms with van der Waals surface area (Å²) >= 11 is 0. The van der Waals surface area contributed by atoms with E-state index in [2.05, 4.69) is 25.2 Å². The third-order valence-corrected chi connectivity index (χ3v) is 3.01. The monoisotopic (exact) mass is 247 g/mol.